The molecule has 7 nitrogen and oxygen atoms in total. The van der Waals surface area contributed by atoms with Crippen LogP contribution in [0.15, 0.2) is 47.9 Å². The lowest BCUT2D eigenvalue weighted by atomic mass is 10.2. The number of carbonyl (C=O) groups is 1. The fourth-order valence-corrected chi connectivity index (χ4v) is 3.46. The lowest BCUT2D eigenvalue weighted by molar-refractivity contribution is 0.0953. The van der Waals surface area contributed by atoms with Crippen molar-refractivity contribution in [3.05, 3.63) is 54.1 Å². The molecule has 1 amide bonds. The molecule has 0 aliphatic heterocycles. The Labute approximate surface area is 169 Å². The highest BCUT2D eigenvalue weighted by molar-refractivity contribution is 7.98. The first-order chi connectivity index (χ1) is 13.6. The maximum atomic E-state index is 12.3. The standard InChI is InChI=1S/C20H26N6OS/c1-15(2)14-25-18(23-24-20(25)28-3)6-4-11-21-19(27)16-7-9-17(10-8-16)26-13-5-12-22-26/h5,7-10,12-13,15H,4,6,11,14H2,1-3H3,(H,21,27). The predicted octanol–water partition coefficient (Wildman–Crippen LogP) is 3.20. The van der Waals surface area contributed by atoms with Gasteiger partial charge in [0.25, 0.3) is 5.91 Å². The number of aryl methyl sites for hydroxylation is 1. The molecule has 0 bridgehead atoms. The molecular formula is C20H26N6OS. The van der Waals surface area contributed by atoms with Crippen LogP contribution in [0.1, 0.15) is 36.5 Å². The van der Waals surface area contributed by atoms with E-state index in [-0.39, 0.29) is 5.91 Å². The molecule has 0 aliphatic carbocycles. The molecule has 28 heavy (non-hydrogen) atoms. The Hall–Kier alpha value is -2.61. The van der Waals surface area contributed by atoms with E-state index in [1.54, 1.807) is 22.6 Å². The summed E-state index contributed by atoms with van der Waals surface area (Å²) >= 11 is 1.61. The maximum absolute atomic E-state index is 12.3. The number of amides is 1. The lowest BCUT2D eigenvalue weighted by Crippen LogP contribution is -2.25. The van der Waals surface area contributed by atoms with Gasteiger partial charge in [-0.1, -0.05) is 25.6 Å². The molecule has 0 spiro atoms. The summed E-state index contributed by atoms with van der Waals surface area (Å²) in [6.07, 6.45) is 7.23. The van der Waals surface area contributed by atoms with Crippen LogP contribution < -0.4 is 5.32 Å². The van der Waals surface area contributed by atoms with Crippen molar-refractivity contribution < 1.29 is 4.79 Å². The molecule has 0 aliphatic rings. The number of hydrogen-bond acceptors (Lipinski definition) is 5. The van der Waals surface area contributed by atoms with Gasteiger partial charge in [-0.15, -0.1) is 10.2 Å². The second kappa shape index (κ2) is 9.54. The minimum Gasteiger partial charge on any atom is -0.352 e. The third-order valence-electron chi connectivity index (χ3n) is 4.28. The Morgan fingerprint density at radius 2 is 2.00 bits per heavy atom. The SMILES string of the molecule is CSc1nnc(CCCNC(=O)c2ccc(-n3cccn3)cc2)n1CC(C)C. The fourth-order valence-electron chi connectivity index (χ4n) is 2.94. The molecule has 8 heteroatoms. The van der Waals surface area contributed by atoms with Gasteiger partial charge in [-0.05, 0) is 48.9 Å². The zero-order chi connectivity index (χ0) is 19.9. The number of hydrogen-bond donors (Lipinski definition) is 1. The summed E-state index contributed by atoms with van der Waals surface area (Å²) in [5, 5.41) is 16.7. The molecule has 1 aromatic carbocycles. The molecule has 0 radical (unpaired) electrons. The van der Waals surface area contributed by atoms with E-state index in [1.807, 2.05) is 42.8 Å². The first kappa shape index (κ1) is 20.1. The van der Waals surface area contributed by atoms with Gasteiger partial charge in [0, 0.05) is 37.5 Å². The van der Waals surface area contributed by atoms with Crippen LogP contribution in [-0.4, -0.2) is 43.3 Å². The molecule has 0 atom stereocenters. The van der Waals surface area contributed by atoms with E-state index < -0.39 is 0 Å². The van der Waals surface area contributed by atoms with E-state index in [9.17, 15) is 4.79 Å². The molecule has 3 aromatic rings. The van der Waals surface area contributed by atoms with Gasteiger partial charge >= 0.3 is 0 Å². The third kappa shape index (κ3) is 5.01. The Kier molecular flexibility index (Phi) is 6.86. The Balaban J connectivity index is 1.50. The van der Waals surface area contributed by atoms with Crippen molar-refractivity contribution in [2.45, 2.75) is 38.4 Å². The second-order valence-electron chi connectivity index (χ2n) is 6.96. The van der Waals surface area contributed by atoms with Crippen LogP contribution in [0.3, 0.4) is 0 Å². The van der Waals surface area contributed by atoms with Crippen molar-refractivity contribution in [1.29, 1.82) is 0 Å². The van der Waals surface area contributed by atoms with E-state index >= 15 is 0 Å². The molecular weight excluding hydrogens is 372 g/mol. The van der Waals surface area contributed by atoms with Gasteiger partial charge in [0.1, 0.15) is 5.82 Å². The zero-order valence-corrected chi connectivity index (χ0v) is 17.3. The van der Waals surface area contributed by atoms with Crippen molar-refractivity contribution >= 4 is 17.7 Å². The Morgan fingerprint density at radius 3 is 2.64 bits per heavy atom. The van der Waals surface area contributed by atoms with Crippen molar-refractivity contribution in [2.24, 2.45) is 5.92 Å². The normalized spacial score (nSPS) is 11.1. The van der Waals surface area contributed by atoms with Crippen LogP contribution in [0, 0.1) is 5.92 Å². The molecule has 3 rings (SSSR count). The van der Waals surface area contributed by atoms with E-state index in [0.717, 1.165) is 36.1 Å². The number of thioether (sulfide) groups is 1. The minimum absolute atomic E-state index is 0.0690. The van der Waals surface area contributed by atoms with E-state index in [2.05, 4.69) is 39.0 Å². The van der Waals surface area contributed by atoms with Gasteiger partial charge in [-0.25, -0.2) is 4.68 Å². The largest absolute Gasteiger partial charge is 0.352 e. The van der Waals surface area contributed by atoms with Gasteiger partial charge in [0.15, 0.2) is 5.16 Å². The van der Waals surface area contributed by atoms with Gasteiger partial charge in [-0.3, -0.25) is 4.79 Å². The van der Waals surface area contributed by atoms with Gasteiger partial charge in [-0.2, -0.15) is 5.10 Å². The summed E-state index contributed by atoms with van der Waals surface area (Å²) < 4.78 is 3.95. The average Bonchev–Trinajstić information content (AvgIpc) is 3.35. The number of nitrogens with zero attached hydrogens (tertiary/aromatic N) is 5. The average molecular weight is 399 g/mol. The van der Waals surface area contributed by atoms with Crippen LogP contribution in [0.2, 0.25) is 0 Å². The van der Waals surface area contributed by atoms with Crippen LogP contribution in [0.25, 0.3) is 5.69 Å². The second-order valence-corrected chi connectivity index (χ2v) is 7.74. The highest BCUT2D eigenvalue weighted by Gasteiger charge is 2.12. The van der Waals surface area contributed by atoms with Crippen molar-refractivity contribution in [2.75, 3.05) is 12.8 Å². The summed E-state index contributed by atoms with van der Waals surface area (Å²) in [4.78, 5) is 12.3. The topological polar surface area (TPSA) is 77.6 Å². The third-order valence-corrected chi connectivity index (χ3v) is 4.95. The Morgan fingerprint density at radius 1 is 1.21 bits per heavy atom. The summed E-state index contributed by atoms with van der Waals surface area (Å²) in [5.74, 6) is 1.45. The zero-order valence-electron chi connectivity index (χ0n) is 16.5. The maximum Gasteiger partial charge on any atom is 0.251 e. The lowest BCUT2D eigenvalue weighted by Gasteiger charge is -2.12. The number of aromatic nitrogens is 5. The first-order valence-corrected chi connectivity index (χ1v) is 10.6. The fraction of sp³-hybridized carbons (Fsp3) is 0.400. The van der Waals surface area contributed by atoms with Crippen LogP contribution >= 0.6 is 11.8 Å². The number of nitrogens with one attached hydrogen (secondary N) is 1. The molecule has 148 valence electrons. The molecule has 2 heterocycles. The quantitative estimate of drug-likeness (QED) is 0.442. The smallest absolute Gasteiger partial charge is 0.251 e. The molecule has 2 aromatic heterocycles. The molecule has 1 N–H and O–H groups in total. The monoisotopic (exact) mass is 398 g/mol. The molecule has 0 unspecified atom stereocenters. The van der Waals surface area contributed by atoms with Gasteiger partial charge in [0.2, 0.25) is 0 Å². The summed E-state index contributed by atoms with van der Waals surface area (Å²) in [6.45, 7) is 5.88. The summed E-state index contributed by atoms with van der Waals surface area (Å²) in [6, 6.07) is 9.28. The Bertz CT molecular complexity index is 886. The molecule has 0 saturated carbocycles. The summed E-state index contributed by atoms with van der Waals surface area (Å²) in [5.41, 5.74) is 1.57. The highest BCUT2D eigenvalue weighted by Crippen LogP contribution is 2.16. The molecule has 0 saturated heterocycles. The first-order valence-electron chi connectivity index (χ1n) is 9.43. The van der Waals surface area contributed by atoms with Gasteiger partial charge < -0.3 is 9.88 Å². The molecule has 0 fully saturated rings. The van der Waals surface area contributed by atoms with Crippen molar-refractivity contribution in [3.63, 3.8) is 0 Å². The van der Waals surface area contributed by atoms with E-state index in [0.29, 0.717) is 18.0 Å². The van der Waals surface area contributed by atoms with Crippen LogP contribution in [0.4, 0.5) is 0 Å². The van der Waals surface area contributed by atoms with Crippen LogP contribution in [0.5, 0.6) is 0 Å². The summed E-state index contributed by atoms with van der Waals surface area (Å²) in [7, 11) is 0. The number of carbonyl (C=O) groups excluding carboxylic acids is 1. The number of benzene rings is 1. The van der Waals surface area contributed by atoms with Crippen molar-refractivity contribution in [1.82, 2.24) is 29.9 Å². The minimum atomic E-state index is -0.0690. The predicted molar refractivity (Wildman–Crippen MR) is 111 cm³/mol. The number of rotatable bonds is 9. The van der Waals surface area contributed by atoms with Crippen molar-refractivity contribution in [3.8, 4) is 5.69 Å². The van der Waals surface area contributed by atoms with E-state index in [1.165, 1.54) is 0 Å². The van der Waals surface area contributed by atoms with Crippen LogP contribution in [-0.2, 0) is 13.0 Å². The van der Waals surface area contributed by atoms with Gasteiger partial charge in [0.05, 0.1) is 5.69 Å². The highest BCUT2D eigenvalue weighted by atomic mass is 32.2. The van der Waals surface area contributed by atoms with E-state index in [4.69, 9.17) is 0 Å².